The molecule has 0 aliphatic carbocycles. The number of aryl methyl sites for hydroxylation is 1. The molecule has 136 valence electrons. The lowest BCUT2D eigenvalue weighted by Gasteiger charge is -2.20. The number of carbonyl (C=O) groups is 2. The van der Waals surface area contributed by atoms with Crippen molar-refractivity contribution in [2.24, 2.45) is 5.92 Å². The van der Waals surface area contributed by atoms with Crippen molar-refractivity contribution in [2.75, 3.05) is 23.9 Å². The Balaban J connectivity index is 1.78. The van der Waals surface area contributed by atoms with E-state index in [1.54, 1.807) is 37.3 Å². The maximum atomic E-state index is 13.9. The van der Waals surface area contributed by atoms with Crippen molar-refractivity contribution in [1.29, 1.82) is 0 Å². The van der Waals surface area contributed by atoms with E-state index in [2.05, 4.69) is 5.32 Å². The van der Waals surface area contributed by atoms with Crippen LogP contribution in [-0.2, 0) is 9.59 Å². The predicted molar refractivity (Wildman–Crippen MR) is 98.2 cm³/mol. The summed E-state index contributed by atoms with van der Waals surface area (Å²) in [4.78, 5) is 26.4. The molecule has 2 aromatic rings. The van der Waals surface area contributed by atoms with Gasteiger partial charge in [-0.15, -0.1) is 0 Å². The van der Waals surface area contributed by atoms with E-state index >= 15 is 0 Å². The fourth-order valence-electron chi connectivity index (χ4n) is 2.96. The summed E-state index contributed by atoms with van der Waals surface area (Å²) in [6.45, 7) is 1.98. The second kappa shape index (κ2) is 7.33. The van der Waals surface area contributed by atoms with Crippen LogP contribution in [0.5, 0.6) is 5.75 Å². The van der Waals surface area contributed by atoms with Crippen molar-refractivity contribution in [3.63, 3.8) is 0 Å². The van der Waals surface area contributed by atoms with Crippen LogP contribution in [0, 0.1) is 18.7 Å². The SMILES string of the molecule is COc1ccc(Cl)cc1N1CC(C(=O)Nc2cc(C)ccc2F)CC1=O. The Hall–Kier alpha value is -2.60. The molecule has 1 fully saturated rings. The van der Waals surface area contributed by atoms with Gasteiger partial charge in [0.2, 0.25) is 11.8 Å². The monoisotopic (exact) mass is 376 g/mol. The van der Waals surface area contributed by atoms with Gasteiger partial charge in [-0.25, -0.2) is 4.39 Å². The molecule has 5 nitrogen and oxygen atoms in total. The van der Waals surface area contributed by atoms with E-state index in [4.69, 9.17) is 16.3 Å². The first-order valence-electron chi connectivity index (χ1n) is 8.10. The summed E-state index contributed by atoms with van der Waals surface area (Å²) in [5, 5.41) is 3.04. The maximum absolute atomic E-state index is 13.9. The fourth-order valence-corrected chi connectivity index (χ4v) is 3.13. The van der Waals surface area contributed by atoms with Crippen LogP contribution in [0.1, 0.15) is 12.0 Å². The van der Waals surface area contributed by atoms with Gasteiger partial charge in [0.05, 0.1) is 24.4 Å². The minimum atomic E-state index is -0.592. The van der Waals surface area contributed by atoms with Crippen molar-refractivity contribution >= 4 is 34.8 Å². The van der Waals surface area contributed by atoms with Crippen molar-refractivity contribution in [2.45, 2.75) is 13.3 Å². The van der Waals surface area contributed by atoms with Gasteiger partial charge in [-0.1, -0.05) is 17.7 Å². The van der Waals surface area contributed by atoms with Gasteiger partial charge in [0.1, 0.15) is 11.6 Å². The Morgan fingerprint density at radius 3 is 2.81 bits per heavy atom. The molecule has 1 aliphatic rings. The van der Waals surface area contributed by atoms with Gasteiger partial charge >= 0.3 is 0 Å². The summed E-state index contributed by atoms with van der Waals surface area (Å²) >= 11 is 6.02. The number of nitrogens with one attached hydrogen (secondary N) is 1. The molecular formula is C19H18ClFN2O3. The third-order valence-electron chi connectivity index (χ3n) is 4.31. The molecule has 0 bridgehead atoms. The van der Waals surface area contributed by atoms with Crippen LogP contribution in [-0.4, -0.2) is 25.5 Å². The van der Waals surface area contributed by atoms with Crippen molar-refractivity contribution in [3.8, 4) is 5.75 Å². The number of benzene rings is 2. The third kappa shape index (κ3) is 3.65. The van der Waals surface area contributed by atoms with Crippen molar-refractivity contribution < 1.29 is 18.7 Å². The molecule has 7 heteroatoms. The molecule has 2 aromatic carbocycles. The van der Waals surface area contributed by atoms with E-state index in [1.165, 1.54) is 18.1 Å². The molecule has 1 unspecified atom stereocenters. The fraction of sp³-hybridized carbons (Fsp3) is 0.263. The number of methoxy groups -OCH3 is 1. The van der Waals surface area contributed by atoms with Crippen molar-refractivity contribution in [1.82, 2.24) is 0 Å². The number of halogens is 2. The summed E-state index contributed by atoms with van der Waals surface area (Å²) in [6.07, 6.45) is 0.0366. The molecule has 1 heterocycles. The summed E-state index contributed by atoms with van der Waals surface area (Å²) in [7, 11) is 1.50. The molecule has 0 aromatic heterocycles. The van der Waals surface area contributed by atoms with E-state index in [0.717, 1.165) is 5.56 Å². The summed E-state index contributed by atoms with van der Waals surface area (Å²) in [5.74, 6) is -1.22. The lowest BCUT2D eigenvalue weighted by Crippen LogP contribution is -2.28. The average molecular weight is 377 g/mol. The highest BCUT2D eigenvalue weighted by Crippen LogP contribution is 2.35. The smallest absolute Gasteiger partial charge is 0.229 e. The molecule has 3 rings (SSSR count). The summed E-state index contributed by atoms with van der Waals surface area (Å²) in [5.41, 5.74) is 1.46. The van der Waals surface area contributed by atoms with E-state index in [9.17, 15) is 14.0 Å². The standard InChI is InChI=1S/C19H18ClFN2O3/c1-11-3-5-14(21)15(7-11)22-19(25)12-8-18(24)23(10-12)16-9-13(20)4-6-17(16)26-2/h3-7,9,12H,8,10H2,1-2H3,(H,22,25). The Kier molecular flexibility index (Phi) is 5.13. The predicted octanol–water partition coefficient (Wildman–Crippen LogP) is 3.79. The minimum absolute atomic E-state index is 0.0366. The summed E-state index contributed by atoms with van der Waals surface area (Å²) < 4.78 is 19.1. The van der Waals surface area contributed by atoms with Crippen LogP contribution in [0.25, 0.3) is 0 Å². The van der Waals surface area contributed by atoms with Crippen LogP contribution < -0.4 is 15.0 Å². The Morgan fingerprint density at radius 2 is 2.08 bits per heavy atom. The van der Waals surface area contributed by atoms with Gasteiger partial charge in [0, 0.05) is 18.0 Å². The molecule has 1 N–H and O–H groups in total. The molecule has 0 saturated carbocycles. The van der Waals surface area contributed by atoms with E-state index in [0.29, 0.717) is 16.5 Å². The zero-order valence-electron chi connectivity index (χ0n) is 14.4. The quantitative estimate of drug-likeness (QED) is 0.883. The number of carbonyl (C=O) groups excluding carboxylic acids is 2. The molecule has 0 radical (unpaired) electrons. The maximum Gasteiger partial charge on any atom is 0.229 e. The van der Waals surface area contributed by atoms with Crippen LogP contribution in [0.4, 0.5) is 15.8 Å². The lowest BCUT2D eigenvalue weighted by molar-refractivity contribution is -0.122. The summed E-state index contributed by atoms with van der Waals surface area (Å²) in [6, 6.07) is 9.43. The molecule has 2 amide bonds. The number of ether oxygens (including phenoxy) is 1. The zero-order valence-corrected chi connectivity index (χ0v) is 15.1. The molecule has 1 aliphatic heterocycles. The second-order valence-corrected chi connectivity index (χ2v) is 6.63. The largest absolute Gasteiger partial charge is 0.495 e. The Morgan fingerprint density at radius 1 is 1.31 bits per heavy atom. The number of hydrogen-bond donors (Lipinski definition) is 1. The number of hydrogen-bond acceptors (Lipinski definition) is 3. The first-order valence-corrected chi connectivity index (χ1v) is 8.47. The number of nitrogens with zero attached hydrogens (tertiary/aromatic N) is 1. The highest BCUT2D eigenvalue weighted by Gasteiger charge is 2.36. The van der Waals surface area contributed by atoms with Crippen LogP contribution in [0.3, 0.4) is 0 Å². The first kappa shape index (κ1) is 18.2. The van der Waals surface area contributed by atoms with Gasteiger partial charge in [-0.2, -0.15) is 0 Å². The van der Waals surface area contributed by atoms with E-state index in [-0.39, 0.29) is 24.6 Å². The van der Waals surface area contributed by atoms with Gasteiger partial charge in [-0.05, 0) is 42.8 Å². The normalized spacial score (nSPS) is 16.7. The first-order chi connectivity index (χ1) is 12.4. The van der Waals surface area contributed by atoms with Gasteiger partial charge in [0.15, 0.2) is 0 Å². The van der Waals surface area contributed by atoms with Gasteiger partial charge in [0.25, 0.3) is 0 Å². The topological polar surface area (TPSA) is 58.6 Å². The van der Waals surface area contributed by atoms with Crippen LogP contribution in [0.15, 0.2) is 36.4 Å². The Bertz CT molecular complexity index is 872. The third-order valence-corrected chi connectivity index (χ3v) is 4.54. The molecule has 1 atom stereocenters. The molecule has 0 spiro atoms. The van der Waals surface area contributed by atoms with E-state index < -0.39 is 17.6 Å². The van der Waals surface area contributed by atoms with Crippen LogP contribution >= 0.6 is 11.6 Å². The zero-order chi connectivity index (χ0) is 18.8. The highest BCUT2D eigenvalue weighted by atomic mass is 35.5. The van der Waals surface area contributed by atoms with Gasteiger partial charge in [-0.3, -0.25) is 9.59 Å². The molecule has 1 saturated heterocycles. The highest BCUT2D eigenvalue weighted by molar-refractivity contribution is 6.31. The number of anilines is 2. The van der Waals surface area contributed by atoms with Crippen LogP contribution in [0.2, 0.25) is 5.02 Å². The van der Waals surface area contributed by atoms with Crippen molar-refractivity contribution in [3.05, 3.63) is 52.8 Å². The number of amides is 2. The van der Waals surface area contributed by atoms with E-state index in [1.807, 2.05) is 0 Å². The number of rotatable bonds is 4. The minimum Gasteiger partial charge on any atom is -0.495 e. The molecular weight excluding hydrogens is 359 g/mol. The Labute approximate surface area is 155 Å². The van der Waals surface area contributed by atoms with Gasteiger partial charge < -0.3 is 15.0 Å². The molecule has 26 heavy (non-hydrogen) atoms. The lowest BCUT2D eigenvalue weighted by atomic mass is 10.1. The second-order valence-electron chi connectivity index (χ2n) is 6.19. The average Bonchev–Trinajstić information content (AvgIpc) is 3.00.